The number of carboxylic acid groups (broad SMARTS) is 1. The number of unbranched alkanes of at least 4 members (excludes halogenated alkanes) is 2. The molecule has 0 aliphatic rings. The number of aliphatic carboxylic acids is 1. The minimum atomic E-state index is -1.24. The van der Waals surface area contributed by atoms with Gasteiger partial charge in [0, 0.05) is 37.5 Å². The number of ether oxygens (including phenoxy) is 1. The fraction of sp³-hybridized carbons (Fsp3) is 0.522. The summed E-state index contributed by atoms with van der Waals surface area (Å²) in [5, 5.41) is 14.8. The van der Waals surface area contributed by atoms with Crippen LogP contribution < -0.4 is 40.0 Å². The van der Waals surface area contributed by atoms with Crippen LogP contribution in [0.4, 0.5) is 0 Å². The number of nitrogens with zero attached hydrogens (tertiary/aromatic N) is 1. The predicted octanol–water partition coefficient (Wildman–Crippen LogP) is -0.411. The van der Waals surface area contributed by atoms with Crippen molar-refractivity contribution in [1.29, 1.82) is 0 Å². The third-order valence-corrected chi connectivity index (χ3v) is 6.12. The van der Waals surface area contributed by atoms with E-state index in [1.54, 1.807) is 18.1 Å². The van der Waals surface area contributed by atoms with Gasteiger partial charge in [-0.15, -0.1) is 11.3 Å². The van der Waals surface area contributed by atoms with Crippen molar-refractivity contribution < 1.29 is 53.8 Å². The van der Waals surface area contributed by atoms with Crippen LogP contribution in [0.2, 0.25) is 0 Å². The number of nitrogens with one attached hydrogen (secondary N) is 1. The molecule has 0 aliphatic heterocycles. The van der Waals surface area contributed by atoms with Gasteiger partial charge in [-0.2, -0.15) is 0 Å². The Morgan fingerprint density at radius 2 is 1.88 bits per heavy atom. The number of methoxy groups -OCH3 is 1. The Balaban J connectivity index is 0.00000512. The third kappa shape index (κ3) is 9.19. The van der Waals surface area contributed by atoms with Gasteiger partial charge in [0.1, 0.15) is 6.04 Å². The van der Waals surface area contributed by atoms with Crippen molar-refractivity contribution in [3.63, 3.8) is 0 Å². The molecule has 0 unspecified atom stereocenters. The molecule has 7 nitrogen and oxygen atoms in total. The van der Waals surface area contributed by atoms with Crippen LogP contribution in [0, 0.1) is 0 Å². The summed E-state index contributed by atoms with van der Waals surface area (Å²) in [6.07, 6.45) is 3.23. The molecule has 1 N–H and O–H groups in total. The summed E-state index contributed by atoms with van der Waals surface area (Å²) >= 11 is 1.34. The molecule has 170 valence electrons. The van der Waals surface area contributed by atoms with Gasteiger partial charge in [0.2, 0.25) is 5.91 Å². The number of rotatable bonds is 14. The first-order valence-electron chi connectivity index (χ1n) is 10.7. The van der Waals surface area contributed by atoms with E-state index in [-0.39, 0.29) is 54.2 Å². The van der Waals surface area contributed by atoms with E-state index < -0.39 is 12.0 Å². The number of carbonyl (C=O) groups is 3. The fourth-order valence-electron chi connectivity index (χ4n) is 3.35. The van der Waals surface area contributed by atoms with Crippen molar-refractivity contribution in [2.45, 2.75) is 51.5 Å². The van der Waals surface area contributed by atoms with Crippen molar-refractivity contribution in [3.8, 4) is 0 Å². The Morgan fingerprint density at radius 3 is 2.53 bits per heavy atom. The number of fused-ring (bicyclic) bond motifs is 1. The molecule has 0 bridgehead atoms. The molecule has 0 saturated carbocycles. The van der Waals surface area contributed by atoms with Crippen LogP contribution in [-0.4, -0.2) is 55.5 Å². The van der Waals surface area contributed by atoms with Crippen molar-refractivity contribution >= 4 is 39.2 Å². The average Bonchev–Trinajstić information content (AvgIpc) is 3.19. The van der Waals surface area contributed by atoms with E-state index in [1.807, 2.05) is 24.3 Å². The Bertz CT molecular complexity index is 830. The molecule has 0 radical (unpaired) electrons. The smallest absolute Gasteiger partial charge is 0.550 e. The molecule has 32 heavy (non-hydrogen) atoms. The molecular weight excluding hydrogens is 439 g/mol. The summed E-state index contributed by atoms with van der Waals surface area (Å²) in [4.78, 5) is 39.3. The van der Waals surface area contributed by atoms with E-state index in [0.29, 0.717) is 31.0 Å². The summed E-state index contributed by atoms with van der Waals surface area (Å²) in [7, 11) is 1.61. The number of carbonyl (C=O) groups excluding carboxylic acids is 3. The van der Waals surface area contributed by atoms with Gasteiger partial charge < -0.3 is 24.9 Å². The van der Waals surface area contributed by atoms with E-state index in [1.165, 1.54) is 11.3 Å². The van der Waals surface area contributed by atoms with E-state index in [2.05, 4.69) is 12.2 Å². The number of hydrogen-bond donors (Lipinski definition) is 1. The Labute approximate surface area is 215 Å². The Morgan fingerprint density at radius 1 is 1.16 bits per heavy atom. The molecular formula is C23H31N2NaO5S. The topological polar surface area (TPSA) is 98.8 Å². The Hall–Kier alpha value is -1.45. The molecule has 1 atom stereocenters. The molecule has 0 saturated heterocycles. The van der Waals surface area contributed by atoms with Crippen molar-refractivity contribution in [3.05, 3.63) is 35.2 Å². The molecule has 0 fully saturated rings. The molecule has 1 heterocycles. The molecule has 2 rings (SSSR count). The van der Waals surface area contributed by atoms with Crippen LogP contribution in [0.25, 0.3) is 10.1 Å². The van der Waals surface area contributed by atoms with Gasteiger partial charge in [0.15, 0.2) is 0 Å². The van der Waals surface area contributed by atoms with Crippen LogP contribution in [0.1, 0.15) is 55.1 Å². The van der Waals surface area contributed by atoms with Gasteiger partial charge in [-0.1, -0.05) is 38.0 Å². The van der Waals surface area contributed by atoms with Gasteiger partial charge in [-0.3, -0.25) is 9.59 Å². The quantitative estimate of drug-likeness (QED) is 0.299. The summed E-state index contributed by atoms with van der Waals surface area (Å²) in [5.41, 5.74) is 0. The number of carboxylic acids is 1. The molecule has 1 aromatic carbocycles. The monoisotopic (exact) mass is 470 g/mol. The van der Waals surface area contributed by atoms with Gasteiger partial charge in [-0.25, -0.2) is 0 Å². The summed E-state index contributed by atoms with van der Waals surface area (Å²) in [5.74, 6) is -1.88. The second kappa shape index (κ2) is 15.4. The Kier molecular flexibility index (Phi) is 13.8. The second-order valence-corrected chi connectivity index (χ2v) is 8.55. The van der Waals surface area contributed by atoms with Crippen LogP contribution >= 0.6 is 11.3 Å². The van der Waals surface area contributed by atoms with E-state index in [0.717, 1.165) is 29.3 Å². The summed E-state index contributed by atoms with van der Waals surface area (Å²) in [6.45, 7) is 3.67. The normalized spacial score (nSPS) is 11.6. The van der Waals surface area contributed by atoms with Gasteiger partial charge >= 0.3 is 29.6 Å². The van der Waals surface area contributed by atoms with Gasteiger partial charge in [0.05, 0.1) is 4.88 Å². The SMILES string of the molecule is CCCCCN(CCCOC)C(=O)[C@@H](CCC(=O)[O-])NC(=O)c1cc2ccccc2s1.[Na+]. The zero-order valence-electron chi connectivity index (χ0n) is 19.2. The first-order chi connectivity index (χ1) is 15.0. The van der Waals surface area contributed by atoms with Gasteiger partial charge in [-0.05, 0) is 43.2 Å². The third-order valence-electron chi connectivity index (χ3n) is 5.01. The summed E-state index contributed by atoms with van der Waals surface area (Å²) < 4.78 is 6.07. The van der Waals surface area contributed by atoms with Crippen molar-refractivity contribution in [2.24, 2.45) is 0 Å². The standard InChI is InChI=1S/C23H32N2O5S.Na/c1-3-4-7-13-25(14-8-15-30-2)23(29)18(11-12-21(26)27)24-22(28)20-16-17-9-5-6-10-19(17)31-20;/h5-6,9-10,16,18H,3-4,7-8,11-15H2,1-2H3,(H,24,28)(H,26,27);/q;+1/p-1/t18-;/m1./s1. The van der Waals surface area contributed by atoms with E-state index in [9.17, 15) is 19.5 Å². The first kappa shape index (κ1) is 28.6. The number of benzene rings is 1. The zero-order valence-corrected chi connectivity index (χ0v) is 22.0. The number of hydrogen-bond acceptors (Lipinski definition) is 6. The first-order valence-corrected chi connectivity index (χ1v) is 11.5. The zero-order chi connectivity index (χ0) is 22.6. The molecule has 0 spiro atoms. The number of amides is 2. The van der Waals surface area contributed by atoms with Crippen molar-refractivity contribution in [2.75, 3.05) is 26.8 Å². The maximum absolute atomic E-state index is 13.2. The molecule has 2 aromatic rings. The van der Waals surface area contributed by atoms with E-state index in [4.69, 9.17) is 4.74 Å². The molecule has 1 aromatic heterocycles. The predicted molar refractivity (Wildman–Crippen MR) is 120 cm³/mol. The van der Waals surface area contributed by atoms with Crippen LogP contribution in [0.3, 0.4) is 0 Å². The van der Waals surface area contributed by atoms with Crippen LogP contribution in [0.5, 0.6) is 0 Å². The minimum absolute atomic E-state index is 0. The second-order valence-electron chi connectivity index (χ2n) is 7.46. The molecule has 2 amide bonds. The molecule has 0 aliphatic carbocycles. The van der Waals surface area contributed by atoms with Gasteiger partial charge in [0.25, 0.3) is 5.91 Å². The average molecular weight is 471 g/mol. The van der Waals surface area contributed by atoms with E-state index >= 15 is 0 Å². The maximum atomic E-state index is 13.2. The summed E-state index contributed by atoms with van der Waals surface area (Å²) in [6, 6.07) is 8.53. The molecule has 9 heteroatoms. The van der Waals surface area contributed by atoms with Crippen LogP contribution in [-0.2, 0) is 14.3 Å². The fourth-order valence-corrected chi connectivity index (χ4v) is 4.31. The largest absolute Gasteiger partial charge is 1.00 e. The maximum Gasteiger partial charge on any atom is 1.00 e. The minimum Gasteiger partial charge on any atom is -0.550 e. The van der Waals surface area contributed by atoms with Crippen molar-refractivity contribution in [1.82, 2.24) is 10.2 Å². The number of thiophene rings is 1. The van der Waals surface area contributed by atoms with Crippen LogP contribution in [0.15, 0.2) is 30.3 Å².